The topological polar surface area (TPSA) is 85.4 Å². The Bertz CT molecular complexity index is 1020. The molecule has 0 saturated carbocycles. The minimum absolute atomic E-state index is 0.0562. The van der Waals surface area contributed by atoms with Crippen LogP contribution in [0.4, 0.5) is 5.69 Å². The van der Waals surface area contributed by atoms with Gasteiger partial charge >= 0.3 is 0 Å². The van der Waals surface area contributed by atoms with E-state index in [0.717, 1.165) is 5.56 Å². The first-order chi connectivity index (χ1) is 13.1. The summed E-state index contributed by atoms with van der Waals surface area (Å²) in [5.41, 5.74) is 1.94. The van der Waals surface area contributed by atoms with Crippen molar-refractivity contribution >= 4 is 5.69 Å². The van der Waals surface area contributed by atoms with Crippen molar-refractivity contribution in [1.29, 1.82) is 5.26 Å². The highest BCUT2D eigenvalue weighted by atomic mass is 16.6. The van der Waals surface area contributed by atoms with Gasteiger partial charge in [0.2, 0.25) is 0 Å². The Labute approximate surface area is 156 Å². The van der Waals surface area contributed by atoms with E-state index in [0.29, 0.717) is 28.4 Å². The molecule has 27 heavy (non-hydrogen) atoms. The van der Waals surface area contributed by atoms with Gasteiger partial charge in [-0.05, 0) is 48.9 Å². The second-order valence-corrected chi connectivity index (χ2v) is 5.85. The summed E-state index contributed by atoms with van der Waals surface area (Å²) >= 11 is 0. The highest BCUT2D eigenvalue weighted by Crippen LogP contribution is 2.28. The molecular weight excluding hydrogens is 344 g/mol. The van der Waals surface area contributed by atoms with Gasteiger partial charge in [-0.3, -0.25) is 10.1 Å². The zero-order valence-corrected chi connectivity index (χ0v) is 14.6. The molecule has 0 aromatic heterocycles. The summed E-state index contributed by atoms with van der Waals surface area (Å²) in [6, 6.07) is 21.1. The number of rotatable bonds is 6. The summed E-state index contributed by atoms with van der Waals surface area (Å²) in [6.45, 7) is 1.96. The minimum atomic E-state index is -0.420. The molecule has 0 fully saturated rings. The molecule has 0 N–H and O–H groups in total. The second-order valence-electron chi connectivity index (χ2n) is 5.85. The van der Waals surface area contributed by atoms with Crippen molar-refractivity contribution in [3.63, 3.8) is 0 Å². The van der Waals surface area contributed by atoms with E-state index in [1.54, 1.807) is 43.3 Å². The van der Waals surface area contributed by atoms with Gasteiger partial charge in [-0.2, -0.15) is 5.26 Å². The lowest BCUT2D eigenvalue weighted by atomic mass is 10.2. The van der Waals surface area contributed by atoms with Crippen molar-refractivity contribution < 1.29 is 14.4 Å². The maximum Gasteiger partial charge on any atom is 0.272 e. The van der Waals surface area contributed by atoms with Gasteiger partial charge in [0.15, 0.2) is 0 Å². The fourth-order valence-corrected chi connectivity index (χ4v) is 2.58. The average molecular weight is 360 g/mol. The SMILES string of the molecule is Cc1cc(Oc2cccc(COc3ccccc3C#N)c2)ccc1[N+](=O)[O-]. The smallest absolute Gasteiger partial charge is 0.272 e. The van der Waals surface area contributed by atoms with E-state index in [1.165, 1.54) is 6.07 Å². The largest absolute Gasteiger partial charge is 0.488 e. The van der Waals surface area contributed by atoms with Gasteiger partial charge in [0.05, 0.1) is 10.5 Å². The van der Waals surface area contributed by atoms with E-state index < -0.39 is 4.92 Å². The van der Waals surface area contributed by atoms with Crippen LogP contribution in [0.1, 0.15) is 16.7 Å². The average Bonchev–Trinajstić information content (AvgIpc) is 2.66. The van der Waals surface area contributed by atoms with Gasteiger partial charge in [-0.1, -0.05) is 24.3 Å². The summed E-state index contributed by atoms with van der Waals surface area (Å²) in [5.74, 6) is 1.64. The molecule has 3 aromatic carbocycles. The number of hydrogen-bond donors (Lipinski definition) is 0. The molecule has 134 valence electrons. The standard InChI is InChI=1S/C21H16N2O4/c1-15-11-19(9-10-20(15)23(24)25)27-18-7-4-5-16(12-18)14-26-21-8-3-2-6-17(21)13-22/h2-12H,14H2,1H3. The third kappa shape index (κ3) is 4.41. The summed E-state index contributed by atoms with van der Waals surface area (Å²) in [6.07, 6.45) is 0. The predicted octanol–water partition coefficient (Wildman–Crippen LogP) is 5.15. The Morgan fingerprint density at radius 3 is 2.56 bits per heavy atom. The molecule has 3 rings (SSSR count). The molecule has 0 atom stereocenters. The van der Waals surface area contributed by atoms with Crippen LogP contribution in [-0.2, 0) is 6.61 Å². The summed E-state index contributed by atoms with van der Waals surface area (Å²) in [4.78, 5) is 10.5. The van der Waals surface area contributed by atoms with Crippen LogP contribution in [0.5, 0.6) is 17.2 Å². The highest BCUT2D eigenvalue weighted by molar-refractivity contribution is 5.46. The van der Waals surface area contributed by atoms with Crippen molar-refractivity contribution in [3.05, 3.63) is 93.5 Å². The Balaban J connectivity index is 1.71. The van der Waals surface area contributed by atoms with Crippen LogP contribution in [0.25, 0.3) is 0 Å². The molecule has 6 nitrogen and oxygen atoms in total. The number of nitro benzene ring substituents is 1. The van der Waals surface area contributed by atoms with Crippen molar-refractivity contribution in [2.24, 2.45) is 0 Å². The fraction of sp³-hybridized carbons (Fsp3) is 0.0952. The lowest BCUT2D eigenvalue weighted by molar-refractivity contribution is -0.385. The van der Waals surface area contributed by atoms with Gasteiger partial charge in [0, 0.05) is 11.6 Å². The fourth-order valence-electron chi connectivity index (χ4n) is 2.58. The monoisotopic (exact) mass is 360 g/mol. The molecule has 0 aliphatic carbocycles. The van der Waals surface area contributed by atoms with E-state index in [-0.39, 0.29) is 12.3 Å². The maximum atomic E-state index is 10.9. The number of hydrogen-bond acceptors (Lipinski definition) is 5. The number of para-hydroxylation sites is 1. The Morgan fingerprint density at radius 1 is 1.04 bits per heavy atom. The number of nitriles is 1. The molecule has 0 bridgehead atoms. The number of benzene rings is 3. The first-order valence-electron chi connectivity index (χ1n) is 8.20. The quantitative estimate of drug-likeness (QED) is 0.448. The van der Waals surface area contributed by atoms with Crippen LogP contribution < -0.4 is 9.47 Å². The molecule has 0 spiro atoms. The summed E-state index contributed by atoms with van der Waals surface area (Å²) in [7, 11) is 0. The van der Waals surface area contributed by atoms with Crippen LogP contribution in [0.15, 0.2) is 66.7 Å². The van der Waals surface area contributed by atoms with E-state index in [1.807, 2.05) is 24.3 Å². The second kappa shape index (κ2) is 8.02. The van der Waals surface area contributed by atoms with Gasteiger partial charge < -0.3 is 9.47 Å². The highest BCUT2D eigenvalue weighted by Gasteiger charge is 2.11. The molecular formula is C21H16N2O4. The normalized spacial score (nSPS) is 10.1. The number of nitrogens with zero attached hydrogens (tertiary/aromatic N) is 2. The third-order valence-corrected chi connectivity index (χ3v) is 3.90. The Hall–Kier alpha value is -3.85. The zero-order valence-electron chi connectivity index (χ0n) is 14.6. The molecule has 0 heterocycles. The lowest BCUT2D eigenvalue weighted by Gasteiger charge is -2.10. The first kappa shape index (κ1) is 18.0. The molecule has 3 aromatic rings. The zero-order chi connectivity index (χ0) is 19.2. The van der Waals surface area contributed by atoms with Crippen LogP contribution >= 0.6 is 0 Å². The van der Waals surface area contributed by atoms with E-state index in [9.17, 15) is 10.1 Å². The van der Waals surface area contributed by atoms with Gasteiger partial charge in [-0.15, -0.1) is 0 Å². The van der Waals surface area contributed by atoms with Gasteiger partial charge in [0.1, 0.15) is 29.9 Å². The van der Waals surface area contributed by atoms with E-state index >= 15 is 0 Å². The molecule has 0 radical (unpaired) electrons. The van der Waals surface area contributed by atoms with Crippen molar-refractivity contribution in [2.75, 3.05) is 0 Å². The van der Waals surface area contributed by atoms with Crippen molar-refractivity contribution in [1.82, 2.24) is 0 Å². The molecule has 0 aliphatic heterocycles. The maximum absolute atomic E-state index is 10.9. The summed E-state index contributed by atoms with van der Waals surface area (Å²) < 4.78 is 11.5. The molecule has 0 saturated heterocycles. The number of nitro groups is 1. The molecule has 0 amide bonds. The summed E-state index contributed by atoms with van der Waals surface area (Å²) in [5, 5.41) is 20.0. The molecule has 0 aliphatic rings. The van der Waals surface area contributed by atoms with Gasteiger partial charge in [0.25, 0.3) is 5.69 Å². The first-order valence-corrected chi connectivity index (χ1v) is 8.20. The minimum Gasteiger partial charge on any atom is -0.488 e. The molecule has 0 unspecified atom stereocenters. The Kier molecular flexibility index (Phi) is 5.33. The van der Waals surface area contributed by atoms with Crippen molar-refractivity contribution in [2.45, 2.75) is 13.5 Å². The van der Waals surface area contributed by atoms with Crippen LogP contribution in [-0.4, -0.2) is 4.92 Å². The van der Waals surface area contributed by atoms with Crippen LogP contribution in [0, 0.1) is 28.4 Å². The van der Waals surface area contributed by atoms with E-state index in [4.69, 9.17) is 14.7 Å². The van der Waals surface area contributed by atoms with Crippen LogP contribution in [0.2, 0.25) is 0 Å². The van der Waals surface area contributed by atoms with Crippen LogP contribution in [0.3, 0.4) is 0 Å². The third-order valence-electron chi connectivity index (χ3n) is 3.90. The lowest BCUT2D eigenvalue weighted by Crippen LogP contribution is -1.97. The van der Waals surface area contributed by atoms with E-state index in [2.05, 4.69) is 6.07 Å². The number of aryl methyl sites for hydroxylation is 1. The predicted molar refractivity (Wildman–Crippen MR) is 99.8 cm³/mol. The molecule has 6 heteroatoms. The number of ether oxygens (including phenoxy) is 2. The van der Waals surface area contributed by atoms with Gasteiger partial charge in [-0.25, -0.2) is 0 Å². The Morgan fingerprint density at radius 2 is 1.81 bits per heavy atom. The van der Waals surface area contributed by atoms with Crippen molar-refractivity contribution in [3.8, 4) is 23.3 Å².